The zero-order chi connectivity index (χ0) is 23.0. The van der Waals surface area contributed by atoms with Crippen LogP contribution in [0.4, 0.5) is 52.7 Å². The molecule has 0 fully saturated rings. The Morgan fingerprint density at radius 3 is 1.64 bits per heavy atom. The molecule has 0 heterocycles. The SMILES string of the molecule is CCCC(F)C(OC(F)(F)C(F)(OC(F)(F)S(=O)(=O)O)C(F)(F)F)C(F)(F)F. The van der Waals surface area contributed by atoms with Crippen molar-refractivity contribution < 1.29 is 75.1 Å². The average Bonchev–Trinajstić information content (AvgIpc) is 2.40. The Morgan fingerprint density at radius 1 is 0.929 bits per heavy atom. The summed E-state index contributed by atoms with van der Waals surface area (Å²) in [5.41, 5.74) is -6.71. The van der Waals surface area contributed by atoms with Crippen molar-refractivity contribution in [3.63, 3.8) is 0 Å². The van der Waals surface area contributed by atoms with Crippen LogP contribution in [0.2, 0.25) is 0 Å². The molecule has 1 N–H and O–H groups in total. The molecular weight excluding hydrogens is 460 g/mol. The van der Waals surface area contributed by atoms with E-state index in [0.29, 0.717) is 0 Å². The van der Waals surface area contributed by atoms with E-state index >= 15 is 0 Å². The topological polar surface area (TPSA) is 72.8 Å². The first-order chi connectivity index (χ1) is 12.0. The molecule has 0 saturated carbocycles. The van der Waals surface area contributed by atoms with Gasteiger partial charge in [-0.25, -0.2) is 4.39 Å². The molecule has 28 heavy (non-hydrogen) atoms. The molecule has 0 bridgehead atoms. The van der Waals surface area contributed by atoms with Crippen LogP contribution in [0.1, 0.15) is 19.8 Å². The number of hydrogen-bond donors (Lipinski definition) is 1. The van der Waals surface area contributed by atoms with E-state index in [4.69, 9.17) is 4.55 Å². The normalized spacial score (nSPS) is 19.2. The molecule has 0 aromatic rings. The van der Waals surface area contributed by atoms with Gasteiger partial charge in [-0.15, -0.1) is 0 Å². The van der Waals surface area contributed by atoms with E-state index in [1.807, 2.05) is 4.74 Å². The van der Waals surface area contributed by atoms with E-state index in [0.717, 1.165) is 6.92 Å². The quantitative estimate of drug-likeness (QED) is 0.401. The van der Waals surface area contributed by atoms with Gasteiger partial charge in [0.1, 0.15) is 6.17 Å². The standard InChI is InChI=1S/C10H10F12O5S/c1-2-3-4(11)5(6(12,13)14)26-9(19,20)7(15,8(16,17)18)27-10(21,22)28(23,24)25/h4-5H,2-3H2,1H3,(H,23,24,25). The fourth-order valence-corrected chi connectivity index (χ4v) is 1.73. The van der Waals surface area contributed by atoms with Crippen LogP contribution in [0.25, 0.3) is 0 Å². The van der Waals surface area contributed by atoms with Crippen molar-refractivity contribution in [1.29, 1.82) is 0 Å². The third-order valence-corrected chi connectivity index (χ3v) is 3.47. The molecule has 0 aliphatic carbocycles. The molecule has 170 valence electrons. The molecule has 0 aromatic heterocycles. The first-order valence-electron chi connectivity index (χ1n) is 6.60. The highest BCUT2D eigenvalue weighted by Crippen LogP contribution is 2.51. The molecule has 0 aliphatic rings. The Balaban J connectivity index is 6.28. The number of hydrogen-bond acceptors (Lipinski definition) is 4. The largest absolute Gasteiger partial charge is 0.491 e. The molecular formula is C10H10F12O5S. The van der Waals surface area contributed by atoms with Crippen molar-refractivity contribution in [1.82, 2.24) is 0 Å². The Hall–Kier alpha value is -1.01. The Bertz CT molecular complexity index is 630. The van der Waals surface area contributed by atoms with Crippen LogP contribution in [-0.4, -0.2) is 55.0 Å². The summed E-state index contributed by atoms with van der Waals surface area (Å²) in [5, 5.41) is 0. The summed E-state index contributed by atoms with van der Waals surface area (Å²) < 4.78 is 188. The predicted molar refractivity (Wildman–Crippen MR) is 63.2 cm³/mol. The van der Waals surface area contributed by atoms with Crippen LogP contribution in [0, 0.1) is 0 Å². The Labute approximate surface area is 148 Å². The molecule has 3 unspecified atom stereocenters. The summed E-state index contributed by atoms with van der Waals surface area (Å²) in [6.45, 7) is 1.02. The summed E-state index contributed by atoms with van der Waals surface area (Å²) in [6, 6.07) is 0. The summed E-state index contributed by atoms with van der Waals surface area (Å²) >= 11 is 0. The number of halogens is 12. The van der Waals surface area contributed by atoms with Crippen molar-refractivity contribution in [3.8, 4) is 0 Å². The second kappa shape index (κ2) is 8.02. The van der Waals surface area contributed by atoms with E-state index in [1.165, 1.54) is 0 Å². The minimum Gasteiger partial charge on any atom is -0.300 e. The second-order valence-corrected chi connectivity index (χ2v) is 6.46. The van der Waals surface area contributed by atoms with Gasteiger partial charge in [0.05, 0.1) is 0 Å². The van der Waals surface area contributed by atoms with E-state index in [-0.39, 0.29) is 0 Å². The van der Waals surface area contributed by atoms with Crippen LogP contribution in [0.3, 0.4) is 0 Å². The van der Waals surface area contributed by atoms with Crippen LogP contribution in [0.15, 0.2) is 0 Å². The second-order valence-electron chi connectivity index (χ2n) is 5.04. The summed E-state index contributed by atoms with van der Waals surface area (Å²) in [6.07, 6.45) is -30.2. The highest BCUT2D eigenvalue weighted by molar-refractivity contribution is 7.86. The van der Waals surface area contributed by atoms with Crippen molar-refractivity contribution in [2.75, 3.05) is 0 Å². The van der Waals surface area contributed by atoms with Gasteiger partial charge < -0.3 is 0 Å². The molecule has 3 atom stereocenters. The first-order valence-corrected chi connectivity index (χ1v) is 8.04. The zero-order valence-corrected chi connectivity index (χ0v) is 13.9. The molecule has 0 saturated heterocycles. The number of ether oxygens (including phenoxy) is 2. The molecule has 0 aromatic carbocycles. The minimum absolute atomic E-state index is 0.486. The van der Waals surface area contributed by atoms with Crippen molar-refractivity contribution in [2.24, 2.45) is 0 Å². The van der Waals surface area contributed by atoms with Gasteiger partial charge in [0.15, 0.2) is 6.10 Å². The molecule has 0 rings (SSSR count). The minimum atomic E-state index is -7.35. The molecule has 0 spiro atoms. The highest BCUT2D eigenvalue weighted by Gasteiger charge is 2.79. The van der Waals surface area contributed by atoms with Crippen molar-refractivity contribution >= 4 is 10.1 Å². The van der Waals surface area contributed by atoms with Crippen molar-refractivity contribution in [2.45, 2.75) is 61.8 Å². The monoisotopic (exact) mass is 470 g/mol. The third kappa shape index (κ3) is 5.76. The van der Waals surface area contributed by atoms with E-state index in [1.54, 1.807) is 0 Å². The summed E-state index contributed by atoms with van der Waals surface area (Å²) in [5.74, 6) is -7.26. The van der Waals surface area contributed by atoms with E-state index < -0.39 is 65.0 Å². The third-order valence-electron chi connectivity index (χ3n) is 2.79. The van der Waals surface area contributed by atoms with E-state index in [9.17, 15) is 61.1 Å². The van der Waals surface area contributed by atoms with Gasteiger partial charge in [-0.3, -0.25) is 14.0 Å². The summed E-state index contributed by atoms with van der Waals surface area (Å²) in [4.78, 5) is 0. The smallest absolute Gasteiger partial charge is 0.300 e. The van der Waals surface area contributed by atoms with E-state index in [2.05, 4.69) is 4.74 Å². The fourth-order valence-electron chi connectivity index (χ4n) is 1.51. The zero-order valence-electron chi connectivity index (χ0n) is 13.1. The first kappa shape index (κ1) is 27.0. The Kier molecular flexibility index (Phi) is 7.73. The Morgan fingerprint density at radius 2 is 1.36 bits per heavy atom. The average molecular weight is 470 g/mol. The van der Waals surface area contributed by atoms with Gasteiger partial charge >= 0.3 is 39.9 Å². The molecule has 0 radical (unpaired) electrons. The van der Waals surface area contributed by atoms with Gasteiger partial charge in [-0.05, 0) is 6.42 Å². The lowest BCUT2D eigenvalue weighted by Gasteiger charge is -2.37. The molecule has 18 heteroatoms. The van der Waals surface area contributed by atoms with Gasteiger partial charge in [-0.2, -0.15) is 56.7 Å². The van der Waals surface area contributed by atoms with Gasteiger partial charge in [0.2, 0.25) is 0 Å². The maximum Gasteiger partial charge on any atom is 0.491 e. The highest BCUT2D eigenvalue weighted by atomic mass is 32.2. The summed E-state index contributed by atoms with van der Waals surface area (Å²) in [7, 11) is -7.12. The fraction of sp³-hybridized carbons (Fsp3) is 1.00. The molecule has 5 nitrogen and oxygen atoms in total. The lowest BCUT2D eigenvalue weighted by molar-refractivity contribution is -0.501. The lowest BCUT2D eigenvalue weighted by Crippen LogP contribution is -2.64. The number of rotatable bonds is 9. The molecule has 0 aliphatic heterocycles. The van der Waals surface area contributed by atoms with Gasteiger partial charge in [0, 0.05) is 0 Å². The lowest BCUT2D eigenvalue weighted by atomic mass is 10.1. The van der Waals surface area contributed by atoms with Gasteiger partial charge in [0.25, 0.3) is 0 Å². The molecule has 0 amide bonds. The number of alkyl halides is 12. The van der Waals surface area contributed by atoms with Crippen LogP contribution in [0.5, 0.6) is 0 Å². The van der Waals surface area contributed by atoms with Gasteiger partial charge in [-0.1, -0.05) is 13.3 Å². The van der Waals surface area contributed by atoms with Crippen LogP contribution >= 0.6 is 0 Å². The maximum absolute atomic E-state index is 13.7. The van der Waals surface area contributed by atoms with Crippen LogP contribution in [-0.2, 0) is 19.6 Å². The predicted octanol–water partition coefficient (Wildman–Crippen LogP) is 4.35. The maximum atomic E-state index is 13.7. The van der Waals surface area contributed by atoms with Crippen molar-refractivity contribution in [3.05, 3.63) is 0 Å². The van der Waals surface area contributed by atoms with Crippen LogP contribution < -0.4 is 0 Å².